The van der Waals surface area contributed by atoms with E-state index in [4.69, 9.17) is 4.74 Å². The molecule has 130 valence electrons. The molecule has 1 N–H and O–H groups in total. The molecule has 0 unspecified atom stereocenters. The summed E-state index contributed by atoms with van der Waals surface area (Å²) in [5.74, 6) is -1.11. The molecule has 2 saturated heterocycles. The zero-order valence-corrected chi connectivity index (χ0v) is 14.0. The van der Waals surface area contributed by atoms with Crippen LogP contribution in [0.25, 0.3) is 0 Å². The third-order valence-electron chi connectivity index (χ3n) is 4.98. The van der Waals surface area contributed by atoms with E-state index >= 15 is 0 Å². The molecule has 0 radical (unpaired) electrons. The maximum atomic E-state index is 12.7. The molecule has 2 aliphatic heterocycles. The molecule has 0 saturated carbocycles. The number of piperidine rings is 1. The SMILES string of the molecule is Cc1ccc(C(=O)N2CC[C@H](N3CCOCC3)C[C@H]2C(=O)O)cc1. The highest BCUT2D eigenvalue weighted by molar-refractivity contribution is 5.96. The van der Waals surface area contributed by atoms with Crippen LogP contribution in [-0.2, 0) is 9.53 Å². The molecule has 2 heterocycles. The van der Waals surface area contributed by atoms with Crippen molar-refractivity contribution in [2.75, 3.05) is 32.8 Å². The van der Waals surface area contributed by atoms with Gasteiger partial charge in [-0.2, -0.15) is 0 Å². The molecule has 1 aromatic rings. The van der Waals surface area contributed by atoms with E-state index in [9.17, 15) is 14.7 Å². The fourth-order valence-electron chi connectivity index (χ4n) is 3.56. The van der Waals surface area contributed by atoms with E-state index < -0.39 is 12.0 Å². The zero-order valence-electron chi connectivity index (χ0n) is 14.0. The monoisotopic (exact) mass is 332 g/mol. The Morgan fingerprint density at radius 1 is 1.12 bits per heavy atom. The molecule has 3 rings (SSSR count). The van der Waals surface area contributed by atoms with Gasteiger partial charge in [-0.15, -0.1) is 0 Å². The molecule has 6 nitrogen and oxygen atoms in total. The van der Waals surface area contributed by atoms with Crippen LogP contribution in [0.5, 0.6) is 0 Å². The smallest absolute Gasteiger partial charge is 0.326 e. The molecule has 6 heteroatoms. The second-order valence-electron chi connectivity index (χ2n) is 6.55. The van der Waals surface area contributed by atoms with Crippen molar-refractivity contribution in [1.82, 2.24) is 9.80 Å². The molecule has 0 bridgehead atoms. The Morgan fingerprint density at radius 3 is 2.42 bits per heavy atom. The first-order chi connectivity index (χ1) is 11.6. The van der Waals surface area contributed by atoms with Gasteiger partial charge in [-0.3, -0.25) is 9.69 Å². The number of aryl methyl sites for hydroxylation is 1. The van der Waals surface area contributed by atoms with Crippen LogP contribution in [0.15, 0.2) is 24.3 Å². The van der Waals surface area contributed by atoms with Gasteiger partial charge in [-0.05, 0) is 31.9 Å². The maximum Gasteiger partial charge on any atom is 0.326 e. The average Bonchev–Trinajstić information content (AvgIpc) is 2.62. The van der Waals surface area contributed by atoms with Crippen LogP contribution in [0.4, 0.5) is 0 Å². The van der Waals surface area contributed by atoms with Crippen LogP contribution < -0.4 is 0 Å². The molecule has 0 aromatic heterocycles. The normalized spacial score (nSPS) is 25.5. The van der Waals surface area contributed by atoms with Crippen molar-refractivity contribution in [3.63, 3.8) is 0 Å². The summed E-state index contributed by atoms with van der Waals surface area (Å²) in [5.41, 5.74) is 1.63. The van der Waals surface area contributed by atoms with Crippen molar-refractivity contribution in [2.24, 2.45) is 0 Å². The summed E-state index contributed by atoms with van der Waals surface area (Å²) in [6, 6.07) is 6.74. The topological polar surface area (TPSA) is 70.1 Å². The van der Waals surface area contributed by atoms with Gasteiger partial charge in [-0.1, -0.05) is 17.7 Å². The number of ether oxygens (including phenoxy) is 1. The van der Waals surface area contributed by atoms with Gasteiger partial charge in [-0.25, -0.2) is 4.79 Å². The molecule has 0 aliphatic carbocycles. The van der Waals surface area contributed by atoms with Crippen molar-refractivity contribution < 1.29 is 19.4 Å². The minimum absolute atomic E-state index is 0.192. The molecule has 2 aliphatic rings. The average molecular weight is 332 g/mol. The number of benzene rings is 1. The van der Waals surface area contributed by atoms with Crippen molar-refractivity contribution in [1.29, 1.82) is 0 Å². The lowest BCUT2D eigenvalue weighted by atomic mass is 9.94. The van der Waals surface area contributed by atoms with Crippen molar-refractivity contribution >= 4 is 11.9 Å². The van der Waals surface area contributed by atoms with Gasteiger partial charge in [0.15, 0.2) is 0 Å². The number of carboxylic acid groups (broad SMARTS) is 1. The van der Waals surface area contributed by atoms with Crippen LogP contribution in [0.3, 0.4) is 0 Å². The number of hydrogen-bond donors (Lipinski definition) is 1. The van der Waals surface area contributed by atoms with Crippen molar-refractivity contribution in [2.45, 2.75) is 31.8 Å². The Morgan fingerprint density at radius 2 is 1.79 bits per heavy atom. The lowest BCUT2D eigenvalue weighted by molar-refractivity contribution is -0.144. The number of rotatable bonds is 3. The molecule has 1 amide bonds. The lowest BCUT2D eigenvalue weighted by Gasteiger charge is -2.43. The van der Waals surface area contributed by atoms with Gasteiger partial charge >= 0.3 is 5.97 Å². The number of carboxylic acids is 1. The third kappa shape index (κ3) is 3.60. The quantitative estimate of drug-likeness (QED) is 0.906. The van der Waals surface area contributed by atoms with Gasteiger partial charge in [0.2, 0.25) is 0 Å². The van der Waals surface area contributed by atoms with Crippen LogP contribution in [-0.4, -0.2) is 71.7 Å². The highest BCUT2D eigenvalue weighted by Gasteiger charge is 2.38. The summed E-state index contributed by atoms with van der Waals surface area (Å²) in [6.07, 6.45) is 1.29. The van der Waals surface area contributed by atoms with Crippen LogP contribution >= 0.6 is 0 Å². The van der Waals surface area contributed by atoms with Crippen LogP contribution in [0.1, 0.15) is 28.8 Å². The van der Waals surface area contributed by atoms with Crippen molar-refractivity contribution in [3.05, 3.63) is 35.4 Å². The third-order valence-corrected chi connectivity index (χ3v) is 4.98. The number of morpholine rings is 1. The molecule has 24 heavy (non-hydrogen) atoms. The second kappa shape index (κ2) is 7.32. The Labute approximate surface area is 142 Å². The first-order valence-electron chi connectivity index (χ1n) is 8.48. The summed E-state index contributed by atoms with van der Waals surface area (Å²) in [5, 5.41) is 9.63. The summed E-state index contributed by atoms with van der Waals surface area (Å²) in [6.45, 7) is 5.50. The highest BCUT2D eigenvalue weighted by Crippen LogP contribution is 2.25. The second-order valence-corrected chi connectivity index (χ2v) is 6.55. The number of likely N-dealkylation sites (tertiary alicyclic amines) is 1. The summed E-state index contributed by atoms with van der Waals surface area (Å²) in [4.78, 5) is 28.3. The van der Waals surface area contributed by atoms with Gasteiger partial charge in [0, 0.05) is 31.2 Å². The van der Waals surface area contributed by atoms with Gasteiger partial charge < -0.3 is 14.7 Å². The molecular weight excluding hydrogens is 308 g/mol. The minimum atomic E-state index is -0.923. The number of aliphatic carboxylic acids is 1. The standard InChI is InChI=1S/C18H24N2O4/c1-13-2-4-14(5-3-13)17(21)20-7-6-15(12-16(20)18(22)23)19-8-10-24-11-9-19/h2-5,15-16H,6-12H2,1H3,(H,22,23)/t15-,16-/m0/s1. The van der Waals surface area contributed by atoms with E-state index in [1.165, 1.54) is 4.90 Å². The predicted octanol–water partition coefficient (Wildman–Crippen LogP) is 1.39. The Bertz CT molecular complexity index is 596. The Hall–Kier alpha value is -1.92. The molecule has 0 spiro atoms. The highest BCUT2D eigenvalue weighted by atomic mass is 16.5. The summed E-state index contributed by atoms with van der Waals surface area (Å²) in [7, 11) is 0. The van der Waals surface area contributed by atoms with Gasteiger partial charge in [0.25, 0.3) is 5.91 Å². The lowest BCUT2D eigenvalue weighted by Crippen LogP contribution is -2.56. The van der Waals surface area contributed by atoms with Crippen LogP contribution in [0.2, 0.25) is 0 Å². The zero-order chi connectivity index (χ0) is 17.1. The fourth-order valence-corrected chi connectivity index (χ4v) is 3.56. The van der Waals surface area contributed by atoms with E-state index in [0.29, 0.717) is 31.7 Å². The molecular formula is C18H24N2O4. The molecule has 1 aromatic carbocycles. The van der Waals surface area contributed by atoms with Crippen molar-refractivity contribution in [3.8, 4) is 0 Å². The largest absolute Gasteiger partial charge is 0.480 e. The number of nitrogens with zero attached hydrogens (tertiary/aromatic N) is 2. The number of amides is 1. The van der Waals surface area contributed by atoms with Gasteiger partial charge in [0.05, 0.1) is 13.2 Å². The molecule has 2 atom stereocenters. The van der Waals surface area contributed by atoms with E-state index in [-0.39, 0.29) is 11.9 Å². The fraction of sp³-hybridized carbons (Fsp3) is 0.556. The number of hydrogen-bond acceptors (Lipinski definition) is 4. The first-order valence-corrected chi connectivity index (χ1v) is 8.48. The predicted molar refractivity (Wildman–Crippen MR) is 89.1 cm³/mol. The van der Waals surface area contributed by atoms with E-state index in [2.05, 4.69) is 4.90 Å². The van der Waals surface area contributed by atoms with E-state index in [1.807, 2.05) is 19.1 Å². The number of carbonyl (C=O) groups is 2. The van der Waals surface area contributed by atoms with E-state index in [0.717, 1.165) is 25.1 Å². The van der Waals surface area contributed by atoms with Crippen LogP contribution in [0, 0.1) is 6.92 Å². The van der Waals surface area contributed by atoms with E-state index in [1.54, 1.807) is 12.1 Å². The minimum Gasteiger partial charge on any atom is -0.480 e. The Kier molecular flexibility index (Phi) is 5.16. The molecule has 2 fully saturated rings. The summed E-state index contributed by atoms with van der Waals surface area (Å²) < 4.78 is 5.37. The van der Waals surface area contributed by atoms with Gasteiger partial charge in [0.1, 0.15) is 6.04 Å². The first kappa shape index (κ1) is 16.9. The number of carbonyl (C=O) groups excluding carboxylic acids is 1. The Balaban J connectivity index is 1.72. The maximum absolute atomic E-state index is 12.7. The summed E-state index contributed by atoms with van der Waals surface area (Å²) >= 11 is 0.